The summed E-state index contributed by atoms with van der Waals surface area (Å²) in [5.41, 5.74) is 2.37. The van der Waals surface area contributed by atoms with Crippen LogP contribution in [0.4, 0.5) is 5.69 Å². The van der Waals surface area contributed by atoms with Crippen LogP contribution in [0.1, 0.15) is 32.6 Å². The number of hydrogen-bond donors (Lipinski definition) is 2. The molecule has 0 saturated heterocycles. The summed E-state index contributed by atoms with van der Waals surface area (Å²) >= 11 is 0. The van der Waals surface area contributed by atoms with Crippen molar-refractivity contribution in [2.75, 3.05) is 11.9 Å². The molecule has 0 spiro atoms. The first-order chi connectivity index (χ1) is 12.1. The average molecular weight is 338 g/mol. The minimum atomic E-state index is -0.0151. The smallest absolute Gasteiger partial charge is 0.224 e. The fourth-order valence-electron chi connectivity index (χ4n) is 2.88. The number of unbranched alkanes of at least 4 members (excludes halogenated alkanes) is 2. The standard InChI is InChI=1S/C20H22N2O3/c1-14(23)21-12-6-2-3-9-20(24)22-15-10-11-17-16-7-4-5-8-18(16)25-19(17)13-15/h4-5,7-8,10-11,13H,2-3,6,9,12H2,1H3,(H,21,23)(H,22,24). The Morgan fingerprint density at radius 1 is 0.960 bits per heavy atom. The van der Waals surface area contributed by atoms with E-state index in [4.69, 9.17) is 4.42 Å². The van der Waals surface area contributed by atoms with Crippen LogP contribution in [0.5, 0.6) is 0 Å². The molecule has 3 rings (SSSR count). The summed E-state index contributed by atoms with van der Waals surface area (Å²) in [7, 11) is 0. The molecule has 3 aromatic rings. The second-order valence-electron chi connectivity index (χ2n) is 6.15. The minimum Gasteiger partial charge on any atom is -0.456 e. The summed E-state index contributed by atoms with van der Waals surface area (Å²) in [4.78, 5) is 22.8. The molecule has 0 unspecified atom stereocenters. The maximum Gasteiger partial charge on any atom is 0.224 e. The molecule has 2 aromatic carbocycles. The Morgan fingerprint density at radius 2 is 1.76 bits per heavy atom. The summed E-state index contributed by atoms with van der Waals surface area (Å²) < 4.78 is 5.83. The van der Waals surface area contributed by atoms with Crippen molar-refractivity contribution in [3.05, 3.63) is 42.5 Å². The SMILES string of the molecule is CC(=O)NCCCCCC(=O)Nc1ccc2c(c1)oc1ccccc12. The molecule has 1 aromatic heterocycles. The highest BCUT2D eigenvalue weighted by Gasteiger charge is 2.08. The van der Waals surface area contributed by atoms with Gasteiger partial charge in [-0.05, 0) is 31.0 Å². The van der Waals surface area contributed by atoms with Crippen molar-refractivity contribution in [1.82, 2.24) is 5.32 Å². The van der Waals surface area contributed by atoms with E-state index >= 15 is 0 Å². The molecule has 25 heavy (non-hydrogen) atoms. The molecule has 2 amide bonds. The highest BCUT2D eigenvalue weighted by atomic mass is 16.3. The third-order valence-electron chi connectivity index (χ3n) is 4.12. The summed E-state index contributed by atoms with van der Waals surface area (Å²) in [6.45, 7) is 2.17. The van der Waals surface area contributed by atoms with Crippen LogP contribution >= 0.6 is 0 Å². The molecule has 1 heterocycles. The van der Waals surface area contributed by atoms with Gasteiger partial charge >= 0.3 is 0 Å². The number of anilines is 1. The number of benzene rings is 2. The van der Waals surface area contributed by atoms with Gasteiger partial charge in [-0.3, -0.25) is 9.59 Å². The van der Waals surface area contributed by atoms with Crippen molar-refractivity contribution >= 4 is 39.4 Å². The Balaban J connectivity index is 1.53. The van der Waals surface area contributed by atoms with Crippen LogP contribution < -0.4 is 10.6 Å². The first kappa shape index (κ1) is 17.0. The second-order valence-corrected chi connectivity index (χ2v) is 6.15. The van der Waals surface area contributed by atoms with E-state index in [-0.39, 0.29) is 11.8 Å². The van der Waals surface area contributed by atoms with Crippen molar-refractivity contribution in [3.63, 3.8) is 0 Å². The molecule has 0 aliphatic carbocycles. The summed E-state index contributed by atoms with van der Waals surface area (Å²) in [5.74, 6) is -0.0197. The van der Waals surface area contributed by atoms with Crippen LogP contribution in [-0.4, -0.2) is 18.4 Å². The lowest BCUT2D eigenvalue weighted by molar-refractivity contribution is -0.119. The van der Waals surface area contributed by atoms with Gasteiger partial charge in [0.05, 0.1) is 0 Å². The van der Waals surface area contributed by atoms with Gasteiger partial charge in [0.25, 0.3) is 0 Å². The molecule has 0 bridgehead atoms. The van der Waals surface area contributed by atoms with Crippen LogP contribution in [-0.2, 0) is 9.59 Å². The number of para-hydroxylation sites is 1. The number of carbonyl (C=O) groups is 2. The van der Waals surface area contributed by atoms with Gasteiger partial charge in [0.1, 0.15) is 11.2 Å². The van der Waals surface area contributed by atoms with Crippen LogP contribution in [0.15, 0.2) is 46.9 Å². The molecule has 0 saturated carbocycles. The Hall–Kier alpha value is -2.82. The number of rotatable bonds is 7. The molecule has 0 radical (unpaired) electrons. The van der Waals surface area contributed by atoms with Crippen molar-refractivity contribution < 1.29 is 14.0 Å². The van der Waals surface area contributed by atoms with Gasteiger partial charge < -0.3 is 15.1 Å². The third kappa shape index (κ3) is 4.38. The van der Waals surface area contributed by atoms with Gasteiger partial charge in [-0.25, -0.2) is 0 Å². The Bertz CT molecular complexity index is 898. The van der Waals surface area contributed by atoms with E-state index in [1.807, 2.05) is 42.5 Å². The number of hydrogen-bond acceptors (Lipinski definition) is 3. The van der Waals surface area contributed by atoms with E-state index in [0.717, 1.165) is 46.9 Å². The lowest BCUT2D eigenvalue weighted by atomic mass is 10.1. The Kier molecular flexibility index (Phi) is 5.33. The van der Waals surface area contributed by atoms with Crippen LogP contribution in [0, 0.1) is 0 Å². The summed E-state index contributed by atoms with van der Waals surface area (Å²) in [6.07, 6.45) is 3.07. The van der Waals surface area contributed by atoms with Gasteiger partial charge in [0.2, 0.25) is 11.8 Å². The zero-order valence-electron chi connectivity index (χ0n) is 14.3. The molecule has 5 nitrogen and oxygen atoms in total. The molecular formula is C20H22N2O3. The van der Waals surface area contributed by atoms with E-state index in [2.05, 4.69) is 10.6 Å². The van der Waals surface area contributed by atoms with Crippen LogP contribution in [0.25, 0.3) is 21.9 Å². The number of furan rings is 1. The number of fused-ring (bicyclic) bond motifs is 3. The van der Waals surface area contributed by atoms with E-state index in [9.17, 15) is 9.59 Å². The van der Waals surface area contributed by atoms with E-state index in [0.29, 0.717) is 13.0 Å². The van der Waals surface area contributed by atoms with Gasteiger partial charge in [-0.2, -0.15) is 0 Å². The fourth-order valence-corrected chi connectivity index (χ4v) is 2.88. The van der Waals surface area contributed by atoms with Crippen LogP contribution in [0.3, 0.4) is 0 Å². The minimum absolute atomic E-state index is 0.00464. The first-order valence-corrected chi connectivity index (χ1v) is 8.59. The van der Waals surface area contributed by atoms with Gasteiger partial charge in [-0.15, -0.1) is 0 Å². The monoisotopic (exact) mass is 338 g/mol. The molecular weight excluding hydrogens is 316 g/mol. The highest BCUT2D eigenvalue weighted by Crippen LogP contribution is 2.30. The highest BCUT2D eigenvalue weighted by molar-refractivity contribution is 6.06. The molecule has 0 atom stereocenters. The van der Waals surface area contributed by atoms with Gasteiger partial charge in [-0.1, -0.05) is 24.6 Å². The van der Waals surface area contributed by atoms with Crippen LogP contribution in [0.2, 0.25) is 0 Å². The van der Waals surface area contributed by atoms with E-state index < -0.39 is 0 Å². The van der Waals surface area contributed by atoms with E-state index in [1.54, 1.807) is 0 Å². The number of amides is 2. The predicted octanol–water partition coefficient (Wildman–Crippen LogP) is 4.22. The topological polar surface area (TPSA) is 71.3 Å². The lowest BCUT2D eigenvalue weighted by Gasteiger charge is -2.05. The Labute approximate surface area is 146 Å². The maximum absolute atomic E-state index is 12.1. The molecule has 0 fully saturated rings. The largest absolute Gasteiger partial charge is 0.456 e. The first-order valence-electron chi connectivity index (χ1n) is 8.59. The lowest BCUT2D eigenvalue weighted by Crippen LogP contribution is -2.20. The second kappa shape index (κ2) is 7.83. The molecule has 0 aliphatic heterocycles. The van der Waals surface area contributed by atoms with Crippen molar-refractivity contribution in [3.8, 4) is 0 Å². The summed E-state index contributed by atoms with van der Waals surface area (Å²) in [5, 5.41) is 7.80. The fraction of sp³-hybridized carbons (Fsp3) is 0.300. The third-order valence-corrected chi connectivity index (χ3v) is 4.12. The number of carbonyl (C=O) groups excluding carboxylic acids is 2. The number of nitrogens with one attached hydrogen (secondary N) is 2. The molecule has 5 heteroatoms. The quantitative estimate of drug-likeness (QED) is 0.634. The zero-order chi connectivity index (χ0) is 17.6. The molecule has 0 aliphatic rings. The average Bonchev–Trinajstić information content (AvgIpc) is 2.95. The normalized spacial score (nSPS) is 10.9. The summed E-state index contributed by atoms with van der Waals surface area (Å²) in [6, 6.07) is 13.6. The van der Waals surface area contributed by atoms with Gasteiger partial charge in [0.15, 0.2) is 0 Å². The van der Waals surface area contributed by atoms with Crippen molar-refractivity contribution in [1.29, 1.82) is 0 Å². The van der Waals surface area contributed by atoms with E-state index in [1.165, 1.54) is 6.92 Å². The zero-order valence-corrected chi connectivity index (χ0v) is 14.3. The van der Waals surface area contributed by atoms with Crippen molar-refractivity contribution in [2.24, 2.45) is 0 Å². The Morgan fingerprint density at radius 3 is 2.60 bits per heavy atom. The molecule has 130 valence electrons. The predicted molar refractivity (Wildman–Crippen MR) is 99.5 cm³/mol. The van der Waals surface area contributed by atoms with Gasteiger partial charge in [0, 0.05) is 42.4 Å². The van der Waals surface area contributed by atoms with Crippen molar-refractivity contribution in [2.45, 2.75) is 32.6 Å². The maximum atomic E-state index is 12.1. The molecule has 2 N–H and O–H groups in total.